The maximum atomic E-state index is 12.6. The van der Waals surface area contributed by atoms with Crippen LogP contribution in [0.15, 0.2) is 18.2 Å². The first-order valence-electron chi connectivity index (χ1n) is 7.27. The Kier molecular flexibility index (Phi) is 4.89. The van der Waals surface area contributed by atoms with Gasteiger partial charge in [-0.1, -0.05) is 32.3 Å². The Hall–Kier alpha value is -1.26. The molecule has 0 radical (unpaired) electrons. The maximum absolute atomic E-state index is 12.6. The first-order valence-corrected chi connectivity index (χ1v) is 7.27. The number of nitrogens with zero attached hydrogens (tertiary/aromatic N) is 1. The summed E-state index contributed by atoms with van der Waals surface area (Å²) in [5.41, 5.74) is -0.836. The second kappa shape index (κ2) is 6.46. The average Bonchev–Trinajstić information content (AvgIpc) is 2.45. The van der Waals surface area contributed by atoms with Crippen LogP contribution in [0.4, 0.5) is 19.0 Å². The zero-order chi connectivity index (χ0) is 14.6. The molecular weight excluding hydrogens is 265 g/mol. The molecule has 1 aliphatic rings. The average molecular weight is 286 g/mol. The summed E-state index contributed by atoms with van der Waals surface area (Å²) in [5.74, 6) is 1.70. The minimum absolute atomic E-state index is 0.317. The first kappa shape index (κ1) is 15.1. The molecule has 1 aromatic rings. The van der Waals surface area contributed by atoms with Crippen LogP contribution in [0.2, 0.25) is 0 Å². The fourth-order valence-electron chi connectivity index (χ4n) is 2.78. The maximum Gasteiger partial charge on any atom is 0.433 e. The van der Waals surface area contributed by atoms with E-state index in [2.05, 4.69) is 17.2 Å². The van der Waals surface area contributed by atoms with Crippen molar-refractivity contribution in [2.75, 3.05) is 11.9 Å². The lowest BCUT2D eigenvalue weighted by molar-refractivity contribution is -0.141. The Morgan fingerprint density at radius 2 is 1.80 bits per heavy atom. The van der Waals surface area contributed by atoms with Crippen LogP contribution < -0.4 is 5.32 Å². The highest BCUT2D eigenvalue weighted by Gasteiger charge is 2.32. The summed E-state index contributed by atoms with van der Waals surface area (Å²) in [7, 11) is 0. The van der Waals surface area contributed by atoms with Crippen LogP contribution in [0, 0.1) is 11.8 Å². The number of hydrogen-bond donors (Lipinski definition) is 1. The lowest BCUT2D eigenvalue weighted by atomic mass is 9.81. The Labute approximate surface area is 117 Å². The van der Waals surface area contributed by atoms with Crippen LogP contribution in [0.5, 0.6) is 0 Å². The fraction of sp³-hybridized carbons (Fsp3) is 0.667. The van der Waals surface area contributed by atoms with Gasteiger partial charge in [-0.2, -0.15) is 13.2 Å². The second-order valence-electron chi connectivity index (χ2n) is 5.58. The van der Waals surface area contributed by atoms with Gasteiger partial charge in [-0.05, 0) is 36.8 Å². The summed E-state index contributed by atoms with van der Waals surface area (Å²) in [6.45, 7) is 2.93. The van der Waals surface area contributed by atoms with E-state index < -0.39 is 11.9 Å². The van der Waals surface area contributed by atoms with E-state index in [9.17, 15) is 13.2 Å². The first-order chi connectivity index (χ1) is 9.49. The van der Waals surface area contributed by atoms with Crippen molar-refractivity contribution >= 4 is 5.82 Å². The van der Waals surface area contributed by atoms with Crippen molar-refractivity contribution in [1.82, 2.24) is 4.98 Å². The molecular formula is C15H21F3N2. The summed E-state index contributed by atoms with van der Waals surface area (Å²) < 4.78 is 37.7. The smallest absolute Gasteiger partial charge is 0.370 e. The molecule has 2 nitrogen and oxygen atoms in total. The molecule has 1 saturated carbocycles. The Morgan fingerprint density at radius 3 is 2.40 bits per heavy atom. The van der Waals surface area contributed by atoms with Crippen LogP contribution in [0.1, 0.15) is 44.7 Å². The summed E-state index contributed by atoms with van der Waals surface area (Å²) >= 11 is 0. The third-order valence-corrected chi connectivity index (χ3v) is 4.16. The van der Waals surface area contributed by atoms with Gasteiger partial charge in [0.05, 0.1) is 0 Å². The Morgan fingerprint density at radius 1 is 1.15 bits per heavy atom. The number of halogens is 3. The van der Waals surface area contributed by atoms with Crippen LogP contribution >= 0.6 is 0 Å². The summed E-state index contributed by atoms with van der Waals surface area (Å²) in [5, 5.41) is 3.05. The van der Waals surface area contributed by atoms with Gasteiger partial charge in [0.15, 0.2) is 0 Å². The highest BCUT2D eigenvalue weighted by molar-refractivity contribution is 5.35. The van der Waals surface area contributed by atoms with Crippen molar-refractivity contribution in [3.05, 3.63) is 23.9 Å². The van der Waals surface area contributed by atoms with Gasteiger partial charge >= 0.3 is 6.18 Å². The normalized spacial score (nSPS) is 23.6. The molecule has 1 aliphatic carbocycles. The molecule has 0 spiro atoms. The highest BCUT2D eigenvalue weighted by Crippen LogP contribution is 2.31. The van der Waals surface area contributed by atoms with E-state index in [4.69, 9.17) is 0 Å². The van der Waals surface area contributed by atoms with Crippen LogP contribution in [0.25, 0.3) is 0 Å². The number of anilines is 1. The fourth-order valence-corrected chi connectivity index (χ4v) is 2.78. The number of hydrogen-bond acceptors (Lipinski definition) is 2. The van der Waals surface area contributed by atoms with Crippen molar-refractivity contribution in [1.29, 1.82) is 0 Å². The van der Waals surface area contributed by atoms with Gasteiger partial charge in [-0.3, -0.25) is 0 Å². The van der Waals surface area contributed by atoms with E-state index in [-0.39, 0.29) is 0 Å². The number of aromatic nitrogens is 1. The molecule has 0 unspecified atom stereocenters. The molecule has 0 aliphatic heterocycles. The molecule has 20 heavy (non-hydrogen) atoms. The van der Waals surface area contributed by atoms with Gasteiger partial charge in [-0.15, -0.1) is 0 Å². The van der Waals surface area contributed by atoms with Crippen molar-refractivity contribution in [3.63, 3.8) is 0 Å². The van der Waals surface area contributed by atoms with E-state index in [1.54, 1.807) is 6.07 Å². The quantitative estimate of drug-likeness (QED) is 0.865. The van der Waals surface area contributed by atoms with Gasteiger partial charge in [0.25, 0.3) is 0 Å². The van der Waals surface area contributed by atoms with Gasteiger partial charge in [-0.25, -0.2) is 4.98 Å². The molecule has 1 fully saturated rings. The van der Waals surface area contributed by atoms with E-state index in [1.807, 2.05) is 0 Å². The molecule has 0 bridgehead atoms. The Bertz CT molecular complexity index is 423. The van der Waals surface area contributed by atoms with Gasteiger partial charge < -0.3 is 5.32 Å². The zero-order valence-corrected chi connectivity index (χ0v) is 11.7. The van der Waals surface area contributed by atoms with Crippen molar-refractivity contribution in [2.24, 2.45) is 11.8 Å². The number of rotatable bonds is 4. The lowest BCUT2D eigenvalue weighted by Crippen LogP contribution is -2.21. The van der Waals surface area contributed by atoms with E-state index >= 15 is 0 Å². The molecule has 1 heterocycles. The summed E-state index contributed by atoms with van der Waals surface area (Å²) in [6.07, 6.45) is 1.64. The molecule has 1 N–H and O–H groups in total. The molecule has 0 atom stereocenters. The van der Waals surface area contributed by atoms with Gasteiger partial charge in [0.2, 0.25) is 0 Å². The largest absolute Gasteiger partial charge is 0.433 e. The molecule has 2 rings (SSSR count). The molecule has 1 aromatic heterocycles. The molecule has 0 aromatic carbocycles. The number of alkyl halides is 3. The van der Waals surface area contributed by atoms with Crippen LogP contribution in [-0.2, 0) is 6.18 Å². The van der Waals surface area contributed by atoms with Crippen molar-refractivity contribution in [2.45, 2.75) is 45.2 Å². The second-order valence-corrected chi connectivity index (χ2v) is 5.58. The SMILES string of the molecule is CCC1CCC(CNc2cccc(C(F)(F)F)n2)CC1. The van der Waals surface area contributed by atoms with E-state index in [0.29, 0.717) is 18.3 Å². The lowest BCUT2D eigenvalue weighted by Gasteiger charge is -2.28. The van der Waals surface area contributed by atoms with E-state index in [1.165, 1.54) is 25.3 Å². The Balaban J connectivity index is 1.85. The predicted molar refractivity (Wildman–Crippen MR) is 73.5 cm³/mol. The zero-order valence-electron chi connectivity index (χ0n) is 11.7. The number of nitrogens with one attached hydrogen (secondary N) is 1. The molecule has 5 heteroatoms. The van der Waals surface area contributed by atoms with Gasteiger partial charge in [0, 0.05) is 6.54 Å². The van der Waals surface area contributed by atoms with Gasteiger partial charge in [0.1, 0.15) is 11.5 Å². The third-order valence-electron chi connectivity index (χ3n) is 4.16. The molecule has 112 valence electrons. The van der Waals surface area contributed by atoms with E-state index in [0.717, 1.165) is 24.8 Å². The topological polar surface area (TPSA) is 24.9 Å². The molecule has 0 saturated heterocycles. The van der Waals surface area contributed by atoms with Crippen LogP contribution in [0.3, 0.4) is 0 Å². The third kappa shape index (κ3) is 4.12. The highest BCUT2D eigenvalue weighted by atomic mass is 19.4. The van der Waals surface area contributed by atoms with Crippen LogP contribution in [-0.4, -0.2) is 11.5 Å². The minimum Gasteiger partial charge on any atom is -0.370 e. The van der Waals surface area contributed by atoms with Crippen molar-refractivity contribution in [3.8, 4) is 0 Å². The number of pyridine rings is 1. The standard InChI is InChI=1S/C15H21F3N2/c1-2-11-6-8-12(9-7-11)10-19-14-5-3-4-13(20-14)15(16,17)18/h3-5,11-12H,2,6-10H2,1H3,(H,19,20). The minimum atomic E-state index is -4.38. The summed E-state index contributed by atoms with van der Waals surface area (Å²) in [6, 6.07) is 3.98. The molecule has 0 amide bonds. The predicted octanol–water partition coefficient (Wildman–Crippen LogP) is 4.73. The summed E-state index contributed by atoms with van der Waals surface area (Å²) in [4.78, 5) is 3.62. The van der Waals surface area contributed by atoms with Crippen molar-refractivity contribution < 1.29 is 13.2 Å². The monoisotopic (exact) mass is 286 g/mol.